The lowest BCUT2D eigenvalue weighted by Gasteiger charge is -2.11. The molecule has 0 aromatic carbocycles. The van der Waals surface area contributed by atoms with Crippen molar-refractivity contribution in [1.29, 1.82) is 0 Å². The Morgan fingerprint density at radius 1 is 1.62 bits per heavy atom. The highest BCUT2D eigenvalue weighted by molar-refractivity contribution is 6.07. The van der Waals surface area contributed by atoms with Crippen molar-refractivity contribution in [2.45, 2.75) is 13.0 Å². The molecule has 2 unspecified atom stereocenters. The third-order valence-corrected chi connectivity index (χ3v) is 1.80. The summed E-state index contributed by atoms with van der Waals surface area (Å²) in [6, 6.07) is 0. The van der Waals surface area contributed by atoms with E-state index in [0.29, 0.717) is 5.71 Å². The van der Waals surface area contributed by atoms with Crippen molar-refractivity contribution in [3.63, 3.8) is 0 Å². The Balaban J connectivity index is 2.81. The molecule has 0 bridgehead atoms. The number of esters is 1. The first kappa shape index (κ1) is 9.50. The first-order chi connectivity index (χ1) is 6.07. The van der Waals surface area contributed by atoms with Gasteiger partial charge < -0.3 is 15.3 Å². The van der Waals surface area contributed by atoms with Crippen molar-refractivity contribution in [2.24, 2.45) is 16.8 Å². The monoisotopic (exact) mass is 186 g/mol. The molecule has 72 valence electrons. The van der Waals surface area contributed by atoms with Crippen molar-refractivity contribution >= 4 is 17.6 Å². The summed E-state index contributed by atoms with van der Waals surface area (Å²) < 4.78 is 4.42. The van der Waals surface area contributed by atoms with Crippen LogP contribution in [0.2, 0.25) is 0 Å². The standard InChI is InChI=1S/C7H10N2O4/c1-3-4(6(8)10)5(13-9-3)7(11)12-2/h4-5H,1-2H3,(H2,8,10). The molecular formula is C7H10N2O4. The first-order valence-corrected chi connectivity index (χ1v) is 3.65. The molecule has 0 radical (unpaired) electrons. The predicted molar refractivity (Wildman–Crippen MR) is 42.7 cm³/mol. The van der Waals surface area contributed by atoms with E-state index >= 15 is 0 Å². The third kappa shape index (κ3) is 1.61. The Labute approximate surface area is 74.7 Å². The second-order valence-corrected chi connectivity index (χ2v) is 2.66. The minimum Gasteiger partial charge on any atom is -0.466 e. The van der Waals surface area contributed by atoms with E-state index in [4.69, 9.17) is 10.6 Å². The Morgan fingerprint density at radius 2 is 2.23 bits per heavy atom. The quantitative estimate of drug-likeness (QED) is 0.562. The van der Waals surface area contributed by atoms with Gasteiger partial charge in [0, 0.05) is 0 Å². The van der Waals surface area contributed by atoms with Crippen LogP contribution in [-0.4, -0.2) is 30.8 Å². The van der Waals surface area contributed by atoms with Crippen LogP contribution in [0.1, 0.15) is 6.92 Å². The van der Waals surface area contributed by atoms with E-state index in [9.17, 15) is 9.59 Å². The molecule has 2 N–H and O–H groups in total. The van der Waals surface area contributed by atoms with E-state index in [1.165, 1.54) is 7.11 Å². The molecule has 0 aromatic rings. The van der Waals surface area contributed by atoms with Gasteiger partial charge in [-0.15, -0.1) is 0 Å². The molecule has 13 heavy (non-hydrogen) atoms. The van der Waals surface area contributed by atoms with Crippen molar-refractivity contribution in [2.75, 3.05) is 7.11 Å². The summed E-state index contributed by atoms with van der Waals surface area (Å²) in [5.41, 5.74) is 5.46. The largest absolute Gasteiger partial charge is 0.466 e. The number of oxime groups is 1. The van der Waals surface area contributed by atoms with Gasteiger partial charge in [0.15, 0.2) is 0 Å². The van der Waals surface area contributed by atoms with Crippen LogP contribution in [0.3, 0.4) is 0 Å². The molecular weight excluding hydrogens is 176 g/mol. The van der Waals surface area contributed by atoms with Crippen LogP contribution >= 0.6 is 0 Å². The van der Waals surface area contributed by atoms with E-state index in [2.05, 4.69) is 9.89 Å². The Bertz CT molecular complexity index is 274. The molecule has 0 saturated carbocycles. The number of methoxy groups -OCH3 is 1. The maximum absolute atomic E-state index is 11.0. The molecule has 0 spiro atoms. The molecule has 6 heteroatoms. The number of carbonyl (C=O) groups excluding carboxylic acids is 2. The number of primary amides is 1. The number of rotatable bonds is 2. The number of amides is 1. The molecule has 0 saturated heterocycles. The minimum absolute atomic E-state index is 0.392. The zero-order valence-corrected chi connectivity index (χ0v) is 7.31. The van der Waals surface area contributed by atoms with E-state index in [1.54, 1.807) is 6.92 Å². The molecule has 0 fully saturated rings. The summed E-state index contributed by atoms with van der Waals surface area (Å²) >= 11 is 0. The molecule has 6 nitrogen and oxygen atoms in total. The Morgan fingerprint density at radius 3 is 2.69 bits per heavy atom. The molecule has 1 aliphatic rings. The van der Waals surface area contributed by atoms with Gasteiger partial charge in [0.05, 0.1) is 12.8 Å². The van der Waals surface area contributed by atoms with E-state index in [1.807, 2.05) is 0 Å². The van der Waals surface area contributed by atoms with Crippen LogP contribution in [-0.2, 0) is 19.2 Å². The van der Waals surface area contributed by atoms with Crippen molar-refractivity contribution in [3.8, 4) is 0 Å². The average Bonchev–Trinajstić information content (AvgIpc) is 2.45. The highest BCUT2D eigenvalue weighted by atomic mass is 16.7. The number of carbonyl (C=O) groups is 2. The minimum atomic E-state index is -1.03. The molecule has 1 rings (SSSR count). The third-order valence-electron chi connectivity index (χ3n) is 1.80. The van der Waals surface area contributed by atoms with Gasteiger partial charge in [0.1, 0.15) is 5.92 Å². The molecule has 1 heterocycles. The van der Waals surface area contributed by atoms with Crippen LogP contribution in [0.25, 0.3) is 0 Å². The molecule has 1 aliphatic heterocycles. The second kappa shape index (κ2) is 3.42. The van der Waals surface area contributed by atoms with Gasteiger partial charge in [-0.2, -0.15) is 0 Å². The maximum atomic E-state index is 11.0. The van der Waals surface area contributed by atoms with Crippen LogP contribution < -0.4 is 5.73 Å². The summed E-state index contributed by atoms with van der Waals surface area (Å²) in [7, 11) is 1.21. The zero-order valence-electron chi connectivity index (χ0n) is 7.31. The lowest BCUT2D eigenvalue weighted by Crippen LogP contribution is -2.40. The van der Waals surface area contributed by atoms with Crippen molar-refractivity contribution < 1.29 is 19.2 Å². The Hall–Kier alpha value is -1.59. The molecule has 0 aromatic heterocycles. The molecule has 2 atom stereocenters. The fourth-order valence-electron chi connectivity index (χ4n) is 1.13. The fraction of sp³-hybridized carbons (Fsp3) is 0.571. The summed E-state index contributed by atoms with van der Waals surface area (Å²) in [6.07, 6.45) is -1.03. The van der Waals surface area contributed by atoms with E-state index in [0.717, 1.165) is 0 Å². The fourth-order valence-corrected chi connectivity index (χ4v) is 1.13. The SMILES string of the molecule is COC(=O)C1ON=C(C)C1C(N)=O. The van der Waals surface area contributed by atoms with Gasteiger partial charge in [-0.05, 0) is 6.92 Å². The second-order valence-electron chi connectivity index (χ2n) is 2.66. The van der Waals surface area contributed by atoms with Crippen LogP contribution in [0.15, 0.2) is 5.16 Å². The van der Waals surface area contributed by atoms with Gasteiger partial charge in [0.2, 0.25) is 12.0 Å². The summed E-state index contributed by atoms with van der Waals surface area (Å²) in [5.74, 6) is -2.11. The normalized spacial score (nSPS) is 26.2. The van der Waals surface area contributed by atoms with Crippen molar-refractivity contribution in [1.82, 2.24) is 0 Å². The summed E-state index contributed by atoms with van der Waals surface area (Å²) in [5, 5.41) is 3.50. The molecule has 1 amide bonds. The number of nitrogens with zero attached hydrogens (tertiary/aromatic N) is 1. The van der Waals surface area contributed by atoms with Gasteiger partial charge >= 0.3 is 5.97 Å². The number of ether oxygens (including phenoxy) is 1. The predicted octanol–water partition coefficient (Wildman–Crippen LogP) is -0.964. The summed E-state index contributed by atoms with van der Waals surface area (Å²) in [6.45, 7) is 1.57. The number of hydrogen-bond acceptors (Lipinski definition) is 5. The van der Waals surface area contributed by atoms with Gasteiger partial charge in [-0.25, -0.2) is 4.79 Å². The van der Waals surface area contributed by atoms with Crippen LogP contribution in [0.4, 0.5) is 0 Å². The van der Waals surface area contributed by atoms with Gasteiger partial charge in [-0.3, -0.25) is 4.79 Å². The highest BCUT2D eigenvalue weighted by Crippen LogP contribution is 2.19. The van der Waals surface area contributed by atoms with Crippen molar-refractivity contribution in [3.05, 3.63) is 0 Å². The maximum Gasteiger partial charge on any atom is 0.351 e. The van der Waals surface area contributed by atoms with Gasteiger partial charge in [0.25, 0.3) is 0 Å². The summed E-state index contributed by atoms with van der Waals surface area (Å²) in [4.78, 5) is 26.6. The topological polar surface area (TPSA) is 91.0 Å². The average molecular weight is 186 g/mol. The van der Waals surface area contributed by atoms with Gasteiger partial charge in [-0.1, -0.05) is 5.16 Å². The van der Waals surface area contributed by atoms with E-state index in [-0.39, 0.29) is 0 Å². The lowest BCUT2D eigenvalue weighted by molar-refractivity contribution is -0.156. The smallest absolute Gasteiger partial charge is 0.351 e. The lowest BCUT2D eigenvalue weighted by atomic mass is 9.98. The number of nitrogens with two attached hydrogens (primary N) is 1. The first-order valence-electron chi connectivity index (χ1n) is 3.65. The van der Waals surface area contributed by atoms with Crippen LogP contribution in [0, 0.1) is 5.92 Å². The highest BCUT2D eigenvalue weighted by Gasteiger charge is 2.42. The van der Waals surface area contributed by atoms with E-state index < -0.39 is 23.9 Å². The Kier molecular flexibility index (Phi) is 2.50. The zero-order chi connectivity index (χ0) is 10.0. The number of hydrogen-bond donors (Lipinski definition) is 1. The van der Waals surface area contributed by atoms with Crippen LogP contribution in [0.5, 0.6) is 0 Å². The molecule has 0 aliphatic carbocycles.